The number of hydrogen-bond donors (Lipinski definition) is 1. The Hall–Kier alpha value is -3.27. The molecule has 1 atom stereocenters. The summed E-state index contributed by atoms with van der Waals surface area (Å²) in [5.41, 5.74) is 0.718. The molecule has 0 saturated carbocycles. The molecule has 2 amide bonds. The molecule has 0 saturated heterocycles. The number of halogens is 2. The fourth-order valence-corrected chi connectivity index (χ4v) is 6.13. The number of carbonyl (C=O) groups excluding carboxylic acids is 2. The SMILES string of the molecule is CCCCNC(=O)C(CC)N(Cc1ccccc1Cl)C(=O)CN(c1cc(Cl)ccc1OC)S(=O)(=O)c1ccccc1. The van der Waals surface area contributed by atoms with Crippen LogP contribution in [0.2, 0.25) is 10.0 Å². The molecule has 0 aliphatic rings. The van der Waals surface area contributed by atoms with Gasteiger partial charge in [0.05, 0.1) is 17.7 Å². The third kappa shape index (κ3) is 8.15. The molecule has 0 heterocycles. The predicted molar refractivity (Wildman–Crippen MR) is 163 cm³/mol. The molecule has 1 N–H and O–H groups in total. The smallest absolute Gasteiger partial charge is 0.264 e. The van der Waals surface area contributed by atoms with Gasteiger partial charge < -0.3 is 15.0 Å². The number of carbonyl (C=O) groups is 2. The molecule has 11 heteroatoms. The molecular formula is C30H35Cl2N3O5S. The first kappa shape index (κ1) is 32.2. The van der Waals surface area contributed by atoms with Crippen molar-refractivity contribution in [2.24, 2.45) is 0 Å². The molecule has 0 fully saturated rings. The van der Waals surface area contributed by atoms with Crippen LogP contribution in [0.4, 0.5) is 5.69 Å². The van der Waals surface area contributed by atoms with Crippen molar-refractivity contribution >= 4 is 50.7 Å². The Morgan fingerprint density at radius 2 is 1.66 bits per heavy atom. The van der Waals surface area contributed by atoms with Crippen LogP contribution < -0.4 is 14.4 Å². The van der Waals surface area contributed by atoms with Gasteiger partial charge in [0.2, 0.25) is 11.8 Å². The summed E-state index contributed by atoms with van der Waals surface area (Å²) in [5, 5.41) is 3.59. The minimum atomic E-state index is -4.26. The van der Waals surface area contributed by atoms with Crippen molar-refractivity contribution < 1.29 is 22.7 Å². The largest absolute Gasteiger partial charge is 0.495 e. The molecule has 3 rings (SSSR count). The van der Waals surface area contributed by atoms with Crippen molar-refractivity contribution in [3.63, 3.8) is 0 Å². The molecule has 8 nitrogen and oxygen atoms in total. The van der Waals surface area contributed by atoms with Gasteiger partial charge in [0.25, 0.3) is 10.0 Å². The summed E-state index contributed by atoms with van der Waals surface area (Å²) < 4.78 is 34.4. The standard InChI is InChI=1S/C30H35Cl2N3O5S/c1-4-6-18-33-30(37)26(5-2)34(20-22-12-10-11-15-25(22)32)29(36)21-35(27-19-23(31)16-17-28(27)40-3)41(38,39)24-13-8-7-9-14-24/h7-17,19,26H,4-6,18,20-21H2,1-3H3,(H,33,37). The quantitative estimate of drug-likeness (QED) is 0.226. The number of methoxy groups -OCH3 is 1. The zero-order valence-corrected chi connectivity index (χ0v) is 25.7. The molecule has 0 aromatic heterocycles. The molecule has 1 unspecified atom stereocenters. The highest BCUT2D eigenvalue weighted by Crippen LogP contribution is 2.35. The van der Waals surface area contributed by atoms with E-state index < -0.39 is 28.5 Å². The van der Waals surface area contributed by atoms with E-state index in [1.54, 1.807) is 55.5 Å². The molecule has 0 bridgehead atoms. The highest BCUT2D eigenvalue weighted by atomic mass is 35.5. The van der Waals surface area contributed by atoms with Crippen LogP contribution in [0.15, 0.2) is 77.7 Å². The second-order valence-corrected chi connectivity index (χ2v) is 12.0. The van der Waals surface area contributed by atoms with Crippen LogP contribution in [0.25, 0.3) is 0 Å². The number of nitrogens with zero attached hydrogens (tertiary/aromatic N) is 2. The number of amides is 2. The number of sulfonamides is 1. The number of ether oxygens (including phenoxy) is 1. The summed E-state index contributed by atoms with van der Waals surface area (Å²) in [6.07, 6.45) is 1.99. The zero-order valence-electron chi connectivity index (χ0n) is 23.3. The Morgan fingerprint density at radius 3 is 2.29 bits per heavy atom. The van der Waals surface area contributed by atoms with Gasteiger partial charge in [-0.2, -0.15) is 0 Å². The lowest BCUT2D eigenvalue weighted by molar-refractivity contribution is -0.140. The van der Waals surface area contributed by atoms with Gasteiger partial charge in [0.1, 0.15) is 18.3 Å². The number of anilines is 1. The van der Waals surface area contributed by atoms with E-state index in [-0.39, 0.29) is 33.8 Å². The van der Waals surface area contributed by atoms with Crippen LogP contribution in [-0.4, -0.2) is 51.4 Å². The molecular weight excluding hydrogens is 585 g/mol. The van der Waals surface area contributed by atoms with Crippen molar-refractivity contribution in [2.45, 2.75) is 50.6 Å². The van der Waals surface area contributed by atoms with Crippen LogP contribution in [0.1, 0.15) is 38.7 Å². The third-order valence-electron chi connectivity index (χ3n) is 6.53. The van der Waals surface area contributed by atoms with E-state index >= 15 is 0 Å². The lowest BCUT2D eigenvalue weighted by atomic mass is 10.1. The normalized spacial score (nSPS) is 11.9. The van der Waals surface area contributed by atoms with Crippen molar-refractivity contribution in [1.82, 2.24) is 10.2 Å². The summed E-state index contributed by atoms with van der Waals surface area (Å²) in [4.78, 5) is 28.8. The first-order chi connectivity index (χ1) is 19.6. The maximum Gasteiger partial charge on any atom is 0.264 e. The van der Waals surface area contributed by atoms with Gasteiger partial charge in [0.15, 0.2) is 0 Å². The number of benzene rings is 3. The third-order valence-corrected chi connectivity index (χ3v) is 8.91. The van der Waals surface area contributed by atoms with Gasteiger partial charge in [-0.15, -0.1) is 0 Å². The van der Waals surface area contributed by atoms with Crippen LogP contribution in [0.5, 0.6) is 5.75 Å². The van der Waals surface area contributed by atoms with E-state index in [9.17, 15) is 18.0 Å². The molecule has 0 spiro atoms. The summed E-state index contributed by atoms with van der Waals surface area (Å²) >= 11 is 12.7. The molecule has 220 valence electrons. The number of nitrogens with one attached hydrogen (secondary N) is 1. The van der Waals surface area contributed by atoms with Gasteiger partial charge in [-0.25, -0.2) is 8.42 Å². The van der Waals surface area contributed by atoms with Gasteiger partial charge in [-0.1, -0.05) is 79.9 Å². The fraction of sp³-hybridized carbons (Fsp3) is 0.333. The van der Waals surface area contributed by atoms with Crippen LogP contribution in [0.3, 0.4) is 0 Å². The topological polar surface area (TPSA) is 96.0 Å². The predicted octanol–water partition coefficient (Wildman–Crippen LogP) is 5.92. The molecule has 0 aliphatic carbocycles. The summed E-state index contributed by atoms with van der Waals surface area (Å²) in [6, 6.07) is 18.5. The minimum absolute atomic E-state index is 0.00408. The van der Waals surface area contributed by atoms with E-state index in [1.165, 1.54) is 36.3 Å². The Kier molecular flexibility index (Phi) is 11.9. The number of unbranched alkanes of at least 4 members (excludes halogenated alkanes) is 1. The average molecular weight is 621 g/mol. The van der Waals surface area contributed by atoms with E-state index in [4.69, 9.17) is 27.9 Å². The van der Waals surface area contributed by atoms with Gasteiger partial charge in [-0.05, 0) is 54.8 Å². The van der Waals surface area contributed by atoms with Crippen molar-refractivity contribution in [1.29, 1.82) is 0 Å². The van der Waals surface area contributed by atoms with Crippen LogP contribution in [-0.2, 0) is 26.2 Å². The van der Waals surface area contributed by atoms with Crippen molar-refractivity contribution in [3.8, 4) is 5.75 Å². The van der Waals surface area contributed by atoms with E-state index in [2.05, 4.69) is 5.32 Å². The lowest BCUT2D eigenvalue weighted by Crippen LogP contribution is -2.52. The van der Waals surface area contributed by atoms with Gasteiger partial charge in [0, 0.05) is 23.1 Å². The Morgan fingerprint density at radius 1 is 0.976 bits per heavy atom. The number of hydrogen-bond acceptors (Lipinski definition) is 5. The molecule has 41 heavy (non-hydrogen) atoms. The second-order valence-electron chi connectivity index (χ2n) is 9.32. The zero-order chi connectivity index (χ0) is 30.0. The molecule has 3 aromatic carbocycles. The number of rotatable bonds is 14. The monoisotopic (exact) mass is 619 g/mol. The van der Waals surface area contributed by atoms with Crippen LogP contribution >= 0.6 is 23.2 Å². The maximum atomic E-state index is 14.2. The lowest BCUT2D eigenvalue weighted by Gasteiger charge is -2.33. The van der Waals surface area contributed by atoms with Gasteiger partial charge >= 0.3 is 0 Å². The van der Waals surface area contributed by atoms with E-state index in [1.807, 2.05) is 6.92 Å². The van der Waals surface area contributed by atoms with E-state index in [0.29, 0.717) is 23.6 Å². The summed E-state index contributed by atoms with van der Waals surface area (Å²) in [5.74, 6) is -0.702. The summed E-state index contributed by atoms with van der Waals surface area (Å²) in [6.45, 7) is 3.67. The first-order valence-corrected chi connectivity index (χ1v) is 15.6. The van der Waals surface area contributed by atoms with E-state index in [0.717, 1.165) is 17.1 Å². The fourth-order valence-electron chi connectivity index (χ4n) is 4.33. The Bertz CT molecular complexity index is 1440. The first-order valence-electron chi connectivity index (χ1n) is 13.4. The van der Waals surface area contributed by atoms with Crippen molar-refractivity contribution in [2.75, 3.05) is 24.5 Å². The van der Waals surface area contributed by atoms with Crippen LogP contribution in [0, 0.1) is 0 Å². The molecule has 0 aliphatic heterocycles. The second kappa shape index (κ2) is 15.1. The highest BCUT2D eigenvalue weighted by molar-refractivity contribution is 7.92. The van der Waals surface area contributed by atoms with Crippen molar-refractivity contribution in [3.05, 3.63) is 88.4 Å². The Labute approximate surface area is 252 Å². The average Bonchev–Trinajstić information content (AvgIpc) is 2.97. The summed E-state index contributed by atoms with van der Waals surface area (Å²) in [7, 11) is -2.86. The highest BCUT2D eigenvalue weighted by Gasteiger charge is 2.35. The maximum absolute atomic E-state index is 14.2. The minimum Gasteiger partial charge on any atom is -0.495 e. The Balaban J connectivity index is 2.10. The molecule has 0 radical (unpaired) electrons. The van der Waals surface area contributed by atoms with Gasteiger partial charge in [-0.3, -0.25) is 13.9 Å². The molecule has 3 aromatic rings.